The number of carbonyl (C=O) groups excluding carboxylic acids is 1. The highest BCUT2D eigenvalue weighted by Crippen LogP contribution is 2.27. The molecule has 2 aromatic rings. The molecule has 2 aliphatic rings. The first-order valence-electron chi connectivity index (χ1n) is 10.4. The lowest BCUT2D eigenvalue weighted by molar-refractivity contribution is -0.117. The fraction of sp³-hybridized carbons (Fsp3) is 0.435. The fourth-order valence-corrected chi connectivity index (χ4v) is 3.95. The summed E-state index contributed by atoms with van der Waals surface area (Å²) in [7, 11) is 0. The van der Waals surface area contributed by atoms with Gasteiger partial charge in [0.05, 0.1) is 18.2 Å². The molecular weight excluding hydrogens is 362 g/mol. The number of aromatic nitrogens is 1. The third-order valence-corrected chi connectivity index (χ3v) is 5.53. The standard InChI is InChI=1S/C21H23N5O.C2H6/c1-15-12-23-20(10-17(15)11-22)25-8-6-18(7-9-25)26-13-16-4-2-3-5-19(16)24-21(27)14-26;1-2/h2-5,10,12,18H,6-9,13-14H2,1H3,(H,24,27);1-2H3. The number of amides is 1. The van der Waals surface area contributed by atoms with E-state index >= 15 is 0 Å². The summed E-state index contributed by atoms with van der Waals surface area (Å²) in [5.74, 6) is 0.927. The molecular formula is C23H29N5O. The van der Waals surface area contributed by atoms with Gasteiger partial charge in [-0.05, 0) is 43.0 Å². The minimum Gasteiger partial charge on any atom is -0.356 e. The van der Waals surface area contributed by atoms with Gasteiger partial charge in [0.15, 0.2) is 0 Å². The Bertz CT molecular complexity index is 896. The zero-order valence-corrected chi connectivity index (χ0v) is 17.5. The predicted octanol–water partition coefficient (Wildman–Crippen LogP) is 3.71. The molecule has 0 aliphatic carbocycles. The van der Waals surface area contributed by atoms with Crippen LogP contribution in [0.15, 0.2) is 36.5 Å². The van der Waals surface area contributed by atoms with Crippen molar-refractivity contribution in [1.29, 1.82) is 5.26 Å². The highest BCUT2D eigenvalue weighted by molar-refractivity contribution is 5.93. The zero-order valence-electron chi connectivity index (χ0n) is 17.5. The third kappa shape index (κ3) is 4.75. The predicted molar refractivity (Wildman–Crippen MR) is 116 cm³/mol. The molecule has 0 spiro atoms. The molecule has 0 saturated carbocycles. The molecule has 0 radical (unpaired) electrons. The molecule has 1 amide bonds. The maximum atomic E-state index is 12.3. The Morgan fingerprint density at radius 3 is 2.62 bits per heavy atom. The van der Waals surface area contributed by atoms with Gasteiger partial charge in [0.25, 0.3) is 0 Å². The third-order valence-electron chi connectivity index (χ3n) is 5.53. The van der Waals surface area contributed by atoms with Crippen molar-refractivity contribution in [3.05, 3.63) is 53.2 Å². The van der Waals surface area contributed by atoms with Crippen molar-refractivity contribution in [2.24, 2.45) is 0 Å². The monoisotopic (exact) mass is 391 g/mol. The molecule has 3 heterocycles. The van der Waals surface area contributed by atoms with E-state index in [1.165, 1.54) is 5.56 Å². The summed E-state index contributed by atoms with van der Waals surface area (Å²) in [5, 5.41) is 12.3. The Morgan fingerprint density at radius 1 is 1.17 bits per heavy atom. The Kier molecular flexibility index (Phi) is 6.84. The van der Waals surface area contributed by atoms with Gasteiger partial charge in [0.1, 0.15) is 5.82 Å². The summed E-state index contributed by atoms with van der Waals surface area (Å²) < 4.78 is 0. The lowest BCUT2D eigenvalue weighted by Crippen LogP contribution is -2.46. The van der Waals surface area contributed by atoms with Gasteiger partial charge in [-0.1, -0.05) is 32.0 Å². The quantitative estimate of drug-likeness (QED) is 0.845. The van der Waals surface area contributed by atoms with Gasteiger partial charge in [-0.15, -0.1) is 0 Å². The highest BCUT2D eigenvalue weighted by Gasteiger charge is 2.29. The number of para-hydroxylation sites is 1. The normalized spacial score (nSPS) is 17.3. The van der Waals surface area contributed by atoms with E-state index < -0.39 is 0 Å². The number of rotatable bonds is 2. The van der Waals surface area contributed by atoms with Gasteiger partial charge in [0.2, 0.25) is 5.91 Å². The van der Waals surface area contributed by atoms with Crippen LogP contribution in [-0.2, 0) is 11.3 Å². The van der Waals surface area contributed by atoms with Crippen molar-refractivity contribution in [2.75, 3.05) is 29.9 Å². The second-order valence-corrected chi connectivity index (χ2v) is 7.30. The van der Waals surface area contributed by atoms with Crippen LogP contribution in [0.1, 0.15) is 43.4 Å². The summed E-state index contributed by atoms with van der Waals surface area (Å²) in [6.45, 7) is 8.89. The van der Waals surface area contributed by atoms with E-state index in [1.807, 2.05) is 45.0 Å². The average molecular weight is 392 g/mol. The number of anilines is 2. The number of piperidine rings is 1. The molecule has 1 saturated heterocycles. The van der Waals surface area contributed by atoms with Crippen molar-refractivity contribution in [2.45, 2.75) is 46.2 Å². The van der Waals surface area contributed by atoms with Crippen LogP contribution < -0.4 is 10.2 Å². The number of benzene rings is 1. The summed E-state index contributed by atoms with van der Waals surface area (Å²) >= 11 is 0. The zero-order chi connectivity index (χ0) is 20.8. The van der Waals surface area contributed by atoms with Crippen LogP contribution in [0.2, 0.25) is 0 Å². The van der Waals surface area contributed by atoms with Crippen LogP contribution in [0.5, 0.6) is 0 Å². The number of aryl methyl sites for hydroxylation is 1. The minimum absolute atomic E-state index is 0.0567. The first-order chi connectivity index (χ1) is 14.1. The molecule has 1 aromatic heterocycles. The number of carbonyl (C=O) groups is 1. The number of nitriles is 1. The fourth-order valence-electron chi connectivity index (χ4n) is 3.95. The van der Waals surface area contributed by atoms with Crippen LogP contribution in [0.25, 0.3) is 0 Å². The summed E-state index contributed by atoms with van der Waals surface area (Å²) in [6.07, 6.45) is 3.73. The average Bonchev–Trinajstić information content (AvgIpc) is 2.93. The Labute approximate surface area is 173 Å². The maximum absolute atomic E-state index is 12.3. The summed E-state index contributed by atoms with van der Waals surface area (Å²) in [5.41, 5.74) is 3.69. The van der Waals surface area contributed by atoms with Gasteiger partial charge in [-0.2, -0.15) is 5.26 Å². The minimum atomic E-state index is 0.0567. The van der Waals surface area contributed by atoms with E-state index in [0.29, 0.717) is 18.2 Å². The summed E-state index contributed by atoms with van der Waals surface area (Å²) in [6, 6.07) is 12.5. The van der Waals surface area contributed by atoms with Crippen LogP contribution in [0.3, 0.4) is 0 Å². The molecule has 0 unspecified atom stereocenters. The maximum Gasteiger partial charge on any atom is 0.238 e. The first kappa shape index (κ1) is 20.8. The molecule has 6 heteroatoms. The second kappa shape index (κ2) is 9.53. The van der Waals surface area contributed by atoms with E-state index in [2.05, 4.69) is 32.2 Å². The number of pyridine rings is 1. The van der Waals surface area contributed by atoms with Gasteiger partial charge in [-0.3, -0.25) is 9.69 Å². The van der Waals surface area contributed by atoms with Crippen LogP contribution in [0, 0.1) is 18.3 Å². The van der Waals surface area contributed by atoms with E-state index in [0.717, 1.165) is 49.5 Å². The number of hydrogen-bond donors (Lipinski definition) is 1. The van der Waals surface area contributed by atoms with Crippen molar-refractivity contribution in [1.82, 2.24) is 9.88 Å². The van der Waals surface area contributed by atoms with E-state index in [1.54, 1.807) is 6.20 Å². The van der Waals surface area contributed by atoms with Crippen molar-refractivity contribution >= 4 is 17.4 Å². The van der Waals surface area contributed by atoms with Crippen LogP contribution >= 0.6 is 0 Å². The topological polar surface area (TPSA) is 72.3 Å². The molecule has 1 fully saturated rings. The molecule has 2 aliphatic heterocycles. The molecule has 0 atom stereocenters. The lowest BCUT2D eigenvalue weighted by Gasteiger charge is -2.38. The van der Waals surface area contributed by atoms with Crippen LogP contribution in [-0.4, -0.2) is 41.5 Å². The number of fused-ring (bicyclic) bond motifs is 1. The Hall–Kier alpha value is -2.91. The number of nitrogens with one attached hydrogen (secondary N) is 1. The number of nitrogens with zero attached hydrogens (tertiary/aromatic N) is 4. The second-order valence-electron chi connectivity index (χ2n) is 7.30. The molecule has 4 rings (SSSR count). The Morgan fingerprint density at radius 2 is 1.90 bits per heavy atom. The largest absolute Gasteiger partial charge is 0.356 e. The van der Waals surface area contributed by atoms with Gasteiger partial charge < -0.3 is 10.2 Å². The van der Waals surface area contributed by atoms with Crippen molar-refractivity contribution in [3.63, 3.8) is 0 Å². The first-order valence-corrected chi connectivity index (χ1v) is 10.4. The molecule has 152 valence electrons. The van der Waals surface area contributed by atoms with E-state index in [9.17, 15) is 10.1 Å². The Balaban J connectivity index is 0.00000117. The van der Waals surface area contributed by atoms with Crippen molar-refractivity contribution in [3.8, 4) is 6.07 Å². The molecule has 29 heavy (non-hydrogen) atoms. The lowest BCUT2D eigenvalue weighted by atomic mass is 10.0. The highest BCUT2D eigenvalue weighted by atomic mass is 16.2. The van der Waals surface area contributed by atoms with E-state index in [-0.39, 0.29) is 5.91 Å². The molecule has 1 aromatic carbocycles. The molecule has 6 nitrogen and oxygen atoms in total. The molecule has 0 bridgehead atoms. The number of hydrogen-bond acceptors (Lipinski definition) is 5. The van der Waals surface area contributed by atoms with E-state index in [4.69, 9.17) is 0 Å². The van der Waals surface area contributed by atoms with Crippen molar-refractivity contribution < 1.29 is 4.79 Å². The van der Waals surface area contributed by atoms with Crippen LogP contribution in [0.4, 0.5) is 11.5 Å². The smallest absolute Gasteiger partial charge is 0.238 e. The van der Waals surface area contributed by atoms with Gasteiger partial charge >= 0.3 is 0 Å². The molecule has 1 N–H and O–H groups in total. The SMILES string of the molecule is CC.Cc1cnc(N2CCC(N3CC(=O)Nc4ccccc4C3)CC2)cc1C#N. The summed E-state index contributed by atoms with van der Waals surface area (Å²) in [4.78, 5) is 21.3. The van der Waals surface area contributed by atoms with Gasteiger partial charge in [-0.25, -0.2) is 4.98 Å². The van der Waals surface area contributed by atoms with Gasteiger partial charge in [0, 0.05) is 37.6 Å².